The summed E-state index contributed by atoms with van der Waals surface area (Å²) in [4.78, 5) is 3.00. The van der Waals surface area contributed by atoms with Crippen LogP contribution < -0.4 is 5.73 Å². The van der Waals surface area contributed by atoms with Gasteiger partial charge in [-0.3, -0.25) is 4.90 Å². The highest BCUT2D eigenvalue weighted by Crippen LogP contribution is 2.26. The molecule has 19 heavy (non-hydrogen) atoms. The molecular formula is C14H20F2N2S. The van der Waals surface area contributed by atoms with Gasteiger partial charge in [0.15, 0.2) is 0 Å². The Balaban J connectivity index is 1.86. The lowest BCUT2D eigenvalue weighted by Crippen LogP contribution is -2.29. The van der Waals surface area contributed by atoms with E-state index in [2.05, 4.69) is 11.8 Å². The van der Waals surface area contributed by atoms with Gasteiger partial charge in [-0.1, -0.05) is 23.9 Å². The molecule has 0 amide bonds. The fourth-order valence-electron chi connectivity index (χ4n) is 2.47. The van der Waals surface area contributed by atoms with Gasteiger partial charge in [0.2, 0.25) is 0 Å². The van der Waals surface area contributed by atoms with Crippen LogP contribution in [0.25, 0.3) is 0 Å². The van der Waals surface area contributed by atoms with E-state index in [1.807, 2.05) is 12.1 Å². The lowest BCUT2D eigenvalue weighted by atomic mass is 10.0. The minimum atomic E-state index is -2.35. The molecule has 106 valence electrons. The Kier molecular flexibility index (Phi) is 5.19. The Labute approximate surface area is 117 Å². The number of thioether (sulfide) groups is 1. The molecule has 1 aromatic rings. The number of hydrogen-bond acceptors (Lipinski definition) is 3. The molecule has 0 aromatic heterocycles. The first-order valence-corrected chi connectivity index (χ1v) is 7.44. The largest absolute Gasteiger partial charge is 0.328 e. The molecule has 2 rings (SSSR count). The molecule has 0 bridgehead atoms. The second-order valence-electron chi connectivity index (χ2n) is 5.17. The predicted octanol–water partition coefficient (Wildman–Crippen LogP) is 3.17. The van der Waals surface area contributed by atoms with Crippen LogP contribution >= 0.6 is 11.8 Å². The van der Waals surface area contributed by atoms with Crippen LogP contribution in [-0.4, -0.2) is 29.8 Å². The van der Waals surface area contributed by atoms with E-state index in [0.29, 0.717) is 22.6 Å². The van der Waals surface area contributed by atoms with Gasteiger partial charge < -0.3 is 5.73 Å². The van der Waals surface area contributed by atoms with Gasteiger partial charge in [0, 0.05) is 24.0 Å². The van der Waals surface area contributed by atoms with Crippen LogP contribution in [0.3, 0.4) is 0 Å². The second kappa shape index (κ2) is 6.68. The fraction of sp³-hybridized carbons (Fsp3) is 0.571. The van der Waals surface area contributed by atoms with Crippen molar-refractivity contribution in [3.8, 4) is 0 Å². The molecule has 1 heterocycles. The molecule has 2 atom stereocenters. The van der Waals surface area contributed by atoms with Crippen LogP contribution in [0, 0.1) is 5.92 Å². The second-order valence-corrected chi connectivity index (χ2v) is 6.23. The number of nitrogens with two attached hydrogens (primary N) is 1. The average Bonchev–Trinajstić information content (AvgIpc) is 2.80. The Hall–Kier alpha value is -0.650. The first-order valence-electron chi connectivity index (χ1n) is 6.56. The summed E-state index contributed by atoms with van der Waals surface area (Å²) in [6.07, 6.45) is 1.15. The van der Waals surface area contributed by atoms with Crippen molar-refractivity contribution in [2.75, 3.05) is 13.1 Å². The van der Waals surface area contributed by atoms with E-state index in [9.17, 15) is 8.78 Å². The van der Waals surface area contributed by atoms with Crippen LogP contribution in [-0.2, 0) is 6.54 Å². The normalized spacial score (nSPS) is 22.1. The third kappa shape index (κ3) is 4.44. The van der Waals surface area contributed by atoms with E-state index < -0.39 is 5.76 Å². The van der Waals surface area contributed by atoms with Crippen molar-refractivity contribution in [1.29, 1.82) is 0 Å². The lowest BCUT2D eigenvalue weighted by molar-refractivity contribution is 0.252. The van der Waals surface area contributed by atoms with Gasteiger partial charge in [0.1, 0.15) is 0 Å². The highest BCUT2D eigenvalue weighted by molar-refractivity contribution is 7.99. The van der Waals surface area contributed by atoms with Crippen LogP contribution in [0.2, 0.25) is 0 Å². The van der Waals surface area contributed by atoms with E-state index in [1.165, 1.54) is 5.56 Å². The summed E-state index contributed by atoms with van der Waals surface area (Å²) < 4.78 is 24.4. The van der Waals surface area contributed by atoms with Gasteiger partial charge in [-0.25, -0.2) is 0 Å². The molecule has 0 spiro atoms. The van der Waals surface area contributed by atoms with Gasteiger partial charge in [-0.15, -0.1) is 0 Å². The third-order valence-corrected chi connectivity index (χ3v) is 4.33. The summed E-state index contributed by atoms with van der Waals surface area (Å²) in [5, 5.41) is 0. The summed E-state index contributed by atoms with van der Waals surface area (Å²) >= 11 is 0.591. The molecule has 0 radical (unpaired) electrons. The maximum Gasteiger partial charge on any atom is 0.288 e. The van der Waals surface area contributed by atoms with Gasteiger partial charge in [-0.2, -0.15) is 8.78 Å². The lowest BCUT2D eigenvalue weighted by Gasteiger charge is -2.18. The summed E-state index contributed by atoms with van der Waals surface area (Å²) in [7, 11) is 0. The number of alkyl halides is 2. The topological polar surface area (TPSA) is 29.3 Å². The van der Waals surface area contributed by atoms with E-state index >= 15 is 0 Å². The molecule has 5 heteroatoms. The van der Waals surface area contributed by atoms with Crippen LogP contribution in [0.1, 0.15) is 18.9 Å². The highest BCUT2D eigenvalue weighted by Gasteiger charge is 2.24. The van der Waals surface area contributed by atoms with Crippen molar-refractivity contribution in [2.45, 2.75) is 36.6 Å². The standard InChI is InChI=1S/C14H20F2N2S/c1-10(17)12-6-7-18(9-12)8-11-2-4-13(5-3-11)19-14(15)16/h2-5,10,12,14H,6-9,17H2,1H3/t10-,12-/m0/s1. The maximum atomic E-state index is 12.2. The molecule has 1 saturated heterocycles. The Morgan fingerprint density at radius 2 is 2.05 bits per heavy atom. The number of halogens is 2. The summed E-state index contributed by atoms with van der Waals surface area (Å²) in [6, 6.07) is 7.65. The predicted molar refractivity (Wildman–Crippen MR) is 75.3 cm³/mol. The highest BCUT2D eigenvalue weighted by atomic mass is 32.2. The van der Waals surface area contributed by atoms with Gasteiger partial charge in [-0.05, 0) is 43.5 Å². The van der Waals surface area contributed by atoms with Crippen molar-refractivity contribution >= 4 is 11.8 Å². The Morgan fingerprint density at radius 1 is 1.37 bits per heavy atom. The smallest absolute Gasteiger partial charge is 0.288 e. The monoisotopic (exact) mass is 286 g/mol. The van der Waals surface area contributed by atoms with E-state index in [0.717, 1.165) is 26.1 Å². The number of rotatable bonds is 5. The summed E-state index contributed by atoms with van der Waals surface area (Å²) in [5.74, 6) is -1.77. The van der Waals surface area contributed by atoms with Crippen molar-refractivity contribution in [1.82, 2.24) is 4.90 Å². The first kappa shape index (κ1) is 14.8. The molecule has 2 N–H and O–H groups in total. The summed E-state index contributed by atoms with van der Waals surface area (Å²) in [6.45, 7) is 5.04. The average molecular weight is 286 g/mol. The van der Waals surface area contributed by atoms with Crippen LogP contribution in [0.15, 0.2) is 29.2 Å². The van der Waals surface area contributed by atoms with E-state index in [1.54, 1.807) is 12.1 Å². The van der Waals surface area contributed by atoms with Gasteiger partial charge in [0.25, 0.3) is 5.76 Å². The molecule has 0 unspecified atom stereocenters. The first-order chi connectivity index (χ1) is 9.04. The molecule has 0 aliphatic carbocycles. The van der Waals surface area contributed by atoms with Crippen LogP contribution in [0.5, 0.6) is 0 Å². The van der Waals surface area contributed by atoms with Crippen LogP contribution in [0.4, 0.5) is 8.78 Å². The number of likely N-dealkylation sites (tertiary alicyclic amines) is 1. The molecule has 1 fully saturated rings. The molecule has 1 aliphatic heterocycles. The van der Waals surface area contributed by atoms with E-state index in [4.69, 9.17) is 5.73 Å². The zero-order valence-corrected chi connectivity index (χ0v) is 11.9. The van der Waals surface area contributed by atoms with Gasteiger partial charge in [0.05, 0.1) is 0 Å². The fourth-order valence-corrected chi connectivity index (χ4v) is 2.97. The molecule has 1 aliphatic rings. The number of hydrogen-bond donors (Lipinski definition) is 1. The van der Waals surface area contributed by atoms with Crippen molar-refractivity contribution in [3.63, 3.8) is 0 Å². The quantitative estimate of drug-likeness (QED) is 0.843. The molecule has 1 aromatic carbocycles. The minimum absolute atomic E-state index is 0.245. The van der Waals surface area contributed by atoms with Crippen molar-refractivity contribution in [2.24, 2.45) is 11.7 Å². The Morgan fingerprint density at radius 3 is 2.58 bits per heavy atom. The SMILES string of the molecule is C[C@H](N)[C@H]1CCN(Cc2ccc(SC(F)F)cc2)C1. The minimum Gasteiger partial charge on any atom is -0.328 e. The number of nitrogens with zero attached hydrogens (tertiary/aromatic N) is 1. The Bertz CT molecular complexity index is 395. The molecular weight excluding hydrogens is 266 g/mol. The number of benzene rings is 1. The third-order valence-electron chi connectivity index (χ3n) is 3.61. The summed E-state index contributed by atoms with van der Waals surface area (Å²) in [5.41, 5.74) is 7.09. The zero-order valence-electron chi connectivity index (χ0n) is 11.1. The zero-order chi connectivity index (χ0) is 13.8. The van der Waals surface area contributed by atoms with E-state index in [-0.39, 0.29) is 6.04 Å². The maximum absolute atomic E-state index is 12.2. The van der Waals surface area contributed by atoms with Gasteiger partial charge >= 0.3 is 0 Å². The van der Waals surface area contributed by atoms with Crippen molar-refractivity contribution < 1.29 is 8.78 Å². The van der Waals surface area contributed by atoms with Crippen molar-refractivity contribution in [3.05, 3.63) is 29.8 Å². The molecule has 0 saturated carbocycles. The molecule has 2 nitrogen and oxygen atoms in total.